The number of anilines is 2. The second-order valence-corrected chi connectivity index (χ2v) is 13.6. The van der Waals surface area contributed by atoms with Crippen LogP contribution in [0.2, 0.25) is 0 Å². The summed E-state index contributed by atoms with van der Waals surface area (Å²) in [4.78, 5) is 54.6. The molecule has 0 unspecified atom stereocenters. The van der Waals surface area contributed by atoms with E-state index in [0.717, 1.165) is 28.1 Å². The average Bonchev–Trinajstić information content (AvgIpc) is 3.52. The van der Waals surface area contributed by atoms with E-state index in [0.29, 0.717) is 30.6 Å². The van der Waals surface area contributed by atoms with Crippen molar-refractivity contribution in [3.63, 3.8) is 0 Å². The maximum Gasteiger partial charge on any atom is 0.410 e. The molecule has 4 aromatic carbocycles. The summed E-state index contributed by atoms with van der Waals surface area (Å²) in [5.74, 6) is -0.966. The Balaban J connectivity index is 1.17. The predicted octanol–water partition coefficient (Wildman–Crippen LogP) is 7.18. The average molecular weight is 732 g/mol. The molecule has 0 saturated heterocycles. The first-order chi connectivity index (χ1) is 25.8. The minimum atomic E-state index is -0.735. The molecule has 278 valence electrons. The highest BCUT2D eigenvalue weighted by Crippen LogP contribution is 2.34. The smallest absolute Gasteiger partial charge is 0.410 e. The normalized spacial score (nSPS) is 11.3. The number of aryl methyl sites for hydroxylation is 1. The lowest BCUT2D eigenvalue weighted by Crippen LogP contribution is -2.37. The van der Waals surface area contributed by atoms with Gasteiger partial charge in [0.1, 0.15) is 11.2 Å². The quantitative estimate of drug-likeness (QED) is 0.141. The maximum atomic E-state index is 13.7. The van der Waals surface area contributed by atoms with Crippen LogP contribution in [0.5, 0.6) is 11.5 Å². The summed E-state index contributed by atoms with van der Waals surface area (Å²) in [6.07, 6.45) is 1.91. The van der Waals surface area contributed by atoms with Crippen molar-refractivity contribution in [3.8, 4) is 11.5 Å². The van der Waals surface area contributed by atoms with Crippen molar-refractivity contribution in [1.82, 2.24) is 14.7 Å². The molecule has 0 aliphatic carbocycles. The van der Waals surface area contributed by atoms with Gasteiger partial charge in [0.15, 0.2) is 22.7 Å². The van der Waals surface area contributed by atoms with E-state index in [9.17, 15) is 19.2 Å². The minimum Gasteiger partial charge on any atom is -0.493 e. The molecule has 0 saturated carbocycles. The summed E-state index contributed by atoms with van der Waals surface area (Å²) in [6, 6.07) is 23.8. The molecule has 6 rings (SSSR count). The number of nitrogens with one attached hydrogen (secondary N) is 2. The molecule has 0 bridgehead atoms. The van der Waals surface area contributed by atoms with Crippen LogP contribution in [-0.2, 0) is 24.8 Å². The summed E-state index contributed by atoms with van der Waals surface area (Å²) < 4.78 is 24.1. The lowest BCUT2D eigenvalue weighted by molar-refractivity contribution is 0.0235. The van der Waals surface area contributed by atoms with E-state index in [1.165, 1.54) is 26.4 Å². The summed E-state index contributed by atoms with van der Waals surface area (Å²) in [6.45, 7) is 6.24. The number of hydrogen-bond acceptors (Lipinski definition) is 9. The third kappa shape index (κ3) is 8.52. The summed E-state index contributed by atoms with van der Waals surface area (Å²) in [5, 5.41) is 11.2. The fourth-order valence-corrected chi connectivity index (χ4v) is 5.88. The first-order valence-electron chi connectivity index (χ1n) is 17.2. The van der Waals surface area contributed by atoms with E-state index in [1.54, 1.807) is 52.2 Å². The SMILES string of the molecule is COc1cc(NC(=O)c2cc(=O)c3ccccc3o2)c(C(=O)Nc2ccc(CCN(Cc3ccc4c(cnn4C)c3)C(=O)OC(C)(C)C)cc2)cc1OC. The highest BCUT2D eigenvalue weighted by Gasteiger charge is 2.24. The Morgan fingerprint density at radius 2 is 1.56 bits per heavy atom. The maximum absolute atomic E-state index is 13.7. The highest BCUT2D eigenvalue weighted by molar-refractivity contribution is 6.12. The molecule has 2 heterocycles. The number of carbonyl (C=O) groups excluding carboxylic acids is 3. The van der Waals surface area contributed by atoms with Gasteiger partial charge in [0.2, 0.25) is 0 Å². The lowest BCUT2D eigenvalue weighted by atomic mass is 10.1. The second-order valence-electron chi connectivity index (χ2n) is 13.6. The Morgan fingerprint density at radius 1 is 0.852 bits per heavy atom. The van der Waals surface area contributed by atoms with Crippen LogP contribution in [0.1, 0.15) is 52.8 Å². The number of methoxy groups -OCH3 is 2. The number of fused-ring (bicyclic) bond motifs is 2. The Bertz CT molecular complexity index is 2410. The van der Waals surface area contributed by atoms with Crippen LogP contribution >= 0.6 is 0 Å². The molecule has 0 aliphatic rings. The number of ether oxygens (including phenoxy) is 3. The van der Waals surface area contributed by atoms with Crippen LogP contribution in [0.25, 0.3) is 21.9 Å². The van der Waals surface area contributed by atoms with Crippen LogP contribution in [0.4, 0.5) is 16.2 Å². The molecule has 0 fully saturated rings. The number of amides is 3. The molecule has 0 radical (unpaired) electrons. The molecule has 2 N–H and O–H groups in total. The van der Waals surface area contributed by atoms with Crippen LogP contribution < -0.4 is 25.5 Å². The zero-order valence-electron chi connectivity index (χ0n) is 30.9. The predicted molar refractivity (Wildman–Crippen MR) is 205 cm³/mol. The fourth-order valence-electron chi connectivity index (χ4n) is 5.88. The van der Waals surface area contributed by atoms with Gasteiger partial charge in [-0.15, -0.1) is 0 Å². The molecular formula is C41H41N5O8. The topological polar surface area (TPSA) is 154 Å². The van der Waals surface area contributed by atoms with Crippen molar-refractivity contribution in [2.45, 2.75) is 39.3 Å². The molecular weight excluding hydrogens is 690 g/mol. The van der Waals surface area contributed by atoms with Crippen LogP contribution in [-0.4, -0.2) is 59.0 Å². The van der Waals surface area contributed by atoms with Crippen LogP contribution in [0.15, 0.2) is 100 Å². The van der Waals surface area contributed by atoms with Gasteiger partial charge in [-0.25, -0.2) is 4.79 Å². The van der Waals surface area contributed by atoms with E-state index < -0.39 is 23.5 Å². The Hall–Kier alpha value is -6.63. The molecule has 0 spiro atoms. The third-order valence-electron chi connectivity index (χ3n) is 8.59. The van der Waals surface area contributed by atoms with E-state index in [1.807, 2.05) is 58.2 Å². The van der Waals surface area contributed by atoms with Crippen molar-refractivity contribution in [2.24, 2.45) is 7.05 Å². The van der Waals surface area contributed by atoms with E-state index in [4.69, 9.17) is 18.6 Å². The van der Waals surface area contributed by atoms with Gasteiger partial charge < -0.3 is 34.2 Å². The summed E-state index contributed by atoms with van der Waals surface area (Å²) in [7, 11) is 4.75. The first kappa shape index (κ1) is 37.1. The van der Waals surface area contributed by atoms with Crippen molar-refractivity contribution in [2.75, 3.05) is 31.4 Å². The monoisotopic (exact) mass is 731 g/mol. The summed E-state index contributed by atoms with van der Waals surface area (Å²) >= 11 is 0. The molecule has 54 heavy (non-hydrogen) atoms. The number of benzene rings is 4. The zero-order valence-corrected chi connectivity index (χ0v) is 30.9. The molecule has 0 aliphatic heterocycles. The Kier molecular flexibility index (Phi) is 10.7. The number of hydrogen-bond donors (Lipinski definition) is 2. The third-order valence-corrected chi connectivity index (χ3v) is 8.59. The van der Waals surface area contributed by atoms with Gasteiger partial charge in [-0.1, -0.05) is 30.3 Å². The number of aromatic nitrogens is 2. The van der Waals surface area contributed by atoms with Gasteiger partial charge >= 0.3 is 6.09 Å². The molecule has 13 heteroatoms. The molecule has 2 aromatic heterocycles. The van der Waals surface area contributed by atoms with Gasteiger partial charge in [-0.05, 0) is 80.8 Å². The summed E-state index contributed by atoms with van der Waals surface area (Å²) in [5.41, 5.74) is 2.76. The molecule has 13 nitrogen and oxygen atoms in total. The van der Waals surface area contributed by atoms with Gasteiger partial charge in [-0.3, -0.25) is 19.1 Å². The largest absolute Gasteiger partial charge is 0.493 e. The minimum absolute atomic E-state index is 0.0747. The lowest BCUT2D eigenvalue weighted by Gasteiger charge is -2.27. The first-order valence-corrected chi connectivity index (χ1v) is 17.2. The van der Waals surface area contributed by atoms with Crippen molar-refractivity contribution in [3.05, 3.63) is 124 Å². The fraction of sp³-hybridized carbons (Fsp3) is 0.244. The van der Waals surface area contributed by atoms with Gasteiger partial charge in [0.25, 0.3) is 11.8 Å². The van der Waals surface area contributed by atoms with Gasteiger partial charge in [-0.2, -0.15) is 5.10 Å². The number of carbonyl (C=O) groups is 3. The molecule has 0 atom stereocenters. The van der Waals surface area contributed by atoms with E-state index >= 15 is 0 Å². The van der Waals surface area contributed by atoms with Crippen molar-refractivity contribution < 1.29 is 33.0 Å². The van der Waals surface area contributed by atoms with Crippen LogP contribution in [0, 0.1) is 0 Å². The van der Waals surface area contributed by atoms with E-state index in [-0.39, 0.29) is 39.5 Å². The van der Waals surface area contributed by atoms with Crippen LogP contribution in [0.3, 0.4) is 0 Å². The Labute approximate surface area is 311 Å². The standard InChI is InChI=1S/C41H41N5O8/c1-41(2,3)54-40(50)46(24-26-13-16-32-27(19-26)23-42-45(32)4)18-17-25-11-14-28(15-12-25)43-38(48)30-20-35(51-5)36(52-6)21-31(30)44-39(49)37-22-33(47)29-9-7-8-10-34(29)53-37/h7-16,19-23H,17-18,24H2,1-6H3,(H,43,48)(H,44,49). The highest BCUT2D eigenvalue weighted by atomic mass is 16.6. The number of nitrogens with zero attached hydrogens (tertiary/aromatic N) is 3. The van der Waals surface area contributed by atoms with Gasteiger partial charge in [0.05, 0.1) is 42.6 Å². The second kappa shape index (κ2) is 15.5. The zero-order chi connectivity index (χ0) is 38.6. The van der Waals surface area contributed by atoms with Gasteiger partial charge in [0, 0.05) is 43.3 Å². The molecule has 6 aromatic rings. The Morgan fingerprint density at radius 3 is 2.28 bits per heavy atom. The van der Waals surface area contributed by atoms with E-state index in [2.05, 4.69) is 15.7 Å². The number of rotatable bonds is 11. The van der Waals surface area contributed by atoms with Crippen molar-refractivity contribution >= 4 is 51.2 Å². The number of para-hydroxylation sites is 1. The van der Waals surface area contributed by atoms with Crippen molar-refractivity contribution in [1.29, 1.82) is 0 Å². The molecule has 3 amide bonds.